The Morgan fingerprint density at radius 3 is 2.50 bits per heavy atom. The third-order valence-electron chi connectivity index (χ3n) is 2.72. The van der Waals surface area contributed by atoms with Crippen molar-refractivity contribution in [2.75, 3.05) is 6.61 Å². The van der Waals surface area contributed by atoms with Crippen LogP contribution < -0.4 is 5.32 Å². The monoisotopic (exact) mass is 347 g/mol. The zero-order valence-electron chi connectivity index (χ0n) is 12.7. The summed E-state index contributed by atoms with van der Waals surface area (Å²) < 4.78 is 5.48. The fraction of sp³-hybridized carbons (Fsp3) is 0.467. The Morgan fingerprint density at radius 1 is 1.32 bits per heavy atom. The van der Waals surface area contributed by atoms with Crippen molar-refractivity contribution < 1.29 is 19.4 Å². The largest absolute Gasteiger partial charge is 0.480 e. The number of carbonyl (C=O) groups is 2. The summed E-state index contributed by atoms with van der Waals surface area (Å²) in [4.78, 5) is 23.4. The highest BCUT2D eigenvalue weighted by Gasteiger charge is 2.23. The topological polar surface area (TPSA) is 75.6 Å². The van der Waals surface area contributed by atoms with Gasteiger partial charge in [-0.3, -0.25) is 4.79 Å². The van der Waals surface area contributed by atoms with Gasteiger partial charge in [0.2, 0.25) is 0 Å². The van der Waals surface area contributed by atoms with Crippen LogP contribution in [0.2, 0.25) is 10.0 Å². The molecule has 1 atom stereocenters. The minimum absolute atomic E-state index is 0.136. The lowest BCUT2D eigenvalue weighted by atomic mass is 10.1. The summed E-state index contributed by atoms with van der Waals surface area (Å²) >= 11 is 11.7. The van der Waals surface area contributed by atoms with E-state index in [1.165, 1.54) is 12.1 Å². The van der Waals surface area contributed by atoms with Gasteiger partial charge in [0.05, 0.1) is 16.2 Å². The molecule has 5 nitrogen and oxygen atoms in total. The Morgan fingerprint density at radius 2 is 1.95 bits per heavy atom. The summed E-state index contributed by atoms with van der Waals surface area (Å²) in [6.07, 6.45) is 0.149. The van der Waals surface area contributed by atoms with E-state index in [4.69, 9.17) is 27.9 Å². The second-order valence-electron chi connectivity index (χ2n) is 5.74. The summed E-state index contributed by atoms with van der Waals surface area (Å²) in [6.45, 7) is 5.82. The van der Waals surface area contributed by atoms with E-state index in [1.54, 1.807) is 6.07 Å². The molecule has 0 spiro atoms. The summed E-state index contributed by atoms with van der Waals surface area (Å²) in [5, 5.41) is 12.2. The maximum Gasteiger partial charge on any atom is 0.326 e. The molecule has 0 radical (unpaired) electrons. The molecule has 2 N–H and O–H groups in total. The SMILES string of the molecule is CC(C)(C)OCCC(NC(=O)c1cc(Cl)ccc1Cl)C(=O)O. The first-order valence-electron chi connectivity index (χ1n) is 6.73. The van der Waals surface area contributed by atoms with Gasteiger partial charge in [0.1, 0.15) is 6.04 Å². The Balaban J connectivity index is 2.72. The maximum absolute atomic E-state index is 12.1. The van der Waals surface area contributed by atoms with E-state index in [-0.39, 0.29) is 29.2 Å². The number of nitrogens with one attached hydrogen (secondary N) is 1. The van der Waals surface area contributed by atoms with E-state index in [9.17, 15) is 14.7 Å². The van der Waals surface area contributed by atoms with Gasteiger partial charge in [-0.05, 0) is 39.0 Å². The van der Waals surface area contributed by atoms with Crippen LogP contribution in [0.5, 0.6) is 0 Å². The van der Waals surface area contributed by atoms with Crippen LogP contribution in [0.25, 0.3) is 0 Å². The van der Waals surface area contributed by atoms with Crippen molar-refractivity contribution >= 4 is 35.1 Å². The lowest BCUT2D eigenvalue weighted by Gasteiger charge is -2.21. The fourth-order valence-electron chi connectivity index (χ4n) is 1.65. The zero-order valence-corrected chi connectivity index (χ0v) is 14.2. The Hall–Kier alpha value is -1.30. The third-order valence-corrected chi connectivity index (χ3v) is 3.28. The van der Waals surface area contributed by atoms with Crippen LogP contribution in [0.1, 0.15) is 37.6 Å². The molecule has 0 aliphatic heterocycles. The third kappa shape index (κ3) is 6.22. The quantitative estimate of drug-likeness (QED) is 0.826. The molecular weight excluding hydrogens is 329 g/mol. The molecule has 0 aliphatic rings. The number of benzene rings is 1. The Bertz CT molecular complexity index is 555. The number of carboxylic acids is 1. The molecular formula is C15H19Cl2NO4. The minimum atomic E-state index is -1.14. The number of hydrogen-bond acceptors (Lipinski definition) is 3. The molecule has 0 heterocycles. The van der Waals surface area contributed by atoms with Crippen molar-refractivity contribution in [1.29, 1.82) is 0 Å². The predicted molar refractivity (Wildman–Crippen MR) is 85.7 cm³/mol. The molecule has 1 amide bonds. The summed E-state index contributed by atoms with van der Waals surface area (Å²) in [5.41, 5.74) is -0.235. The van der Waals surface area contributed by atoms with Crippen LogP contribution in [-0.2, 0) is 9.53 Å². The molecule has 1 unspecified atom stereocenters. The van der Waals surface area contributed by atoms with Gasteiger partial charge in [-0.15, -0.1) is 0 Å². The minimum Gasteiger partial charge on any atom is -0.480 e. The number of carboxylic acid groups (broad SMARTS) is 1. The van der Waals surface area contributed by atoms with Crippen molar-refractivity contribution in [3.63, 3.8) is 0 Å². The lowest BCUT2D eigenvalue weighted by Crippen LogP contribution is -2.42. The van der Waals surface area contributed by atoms with Crippen molar-refractivity contribution in [2.45, 2.75) is 38.8 Å². The molecule has 0 aromatic heterocycles. The van der Waals surface area contributed by atoms with Crippen molar-refractivity contribution in [1.82, 2.24) is 5.32 Å². The lowest BCUT2D eigenvalue weighted by molar-refractivity contribution is -0.140. The molecule has 0 bridgehead atoms. The fourth-order valence-corrected chi connectivity index (χ4v) is 2.02. The highest BCUT2D eigenvalue weighted by Crippen LogP contribution is 2.20. The Labute approximate surface area is 139 Å². The van der Waals surface area contributed by atoms with Crippen molar-refractivity contribution in [3.05, 3.63) is 33.8 Å². The molecule has 22 heavy (non-hydrogen) atoms. The molecule has 0 fully saturated rings. The molecule has 1 aromatic carbocycles. The summed E-state index contributed by atoms with van der Waals surface area (Å²) in [6, 6.07) is 3.36. The smallest absolute Gasteiger partial charge is 0.326 e. The summed E-state index contributed by atoms with van der Waals surface area (Å²) in [5.74, 6) is -1.72. The first-order chi connectivity index (χ1) is 10.1. The van der Waals surface area contributed by atoms with Gasteiger partial charge >= 0.3 is 5.97 Å². The van der Waals surface area contributed by atoms with E-state index >= 15 is 0 Å². The van der Waals surface area contributed by atoms with Crippen LogP contribution in [0.4, 0.5) is 0 Å². The highest BCUT2D eigenvalue weighted by molar-refractivity contribution is 6.35. The maximum atomic E-state index is 12.1. The molecule has 0 saturated heterocycles. The number of halogens is 2. The average Bonchev–Trinajstić information content (AvgIpc) is 2.38. The number of hydrogen-bond donors (Lipinski definition) is 2. The number of carbonyl (C=O) groups excluding carboxylic acids is 1. The zero-order chi connectivity index (χ0) is 16.9. The number of ether oxygens (including phenoxy) is 1. The molecule has 122 valence electrons. The number of amides is 1. The Kier molecular flexibility index (Phi) is 6.66. The van der Waals surface area contributed by atoms with Gasteiger partial charge in [0, 0.05) is 18.1 Å². The van der Waals surface area contributed by atoms with Crippen LogP contribution in [0.3, 0.4) is 0 Å². The number of rotatable bonds is 6. The van der Waals surface area contributed by atoms with E-state index in [1.807, 2.05) is 20.8 Å². The van der Waals surface area contributed by atoms with Gasteiger partial charge in [0.15, 0.2) is 0 Å². The van der Waals surface area contributed by atoms with E-state index in [0.717, 1.165) is 0 Å². The first-order valence-corrected chi connectivity index (χ1v) is 7.48. The molecule has 1 rings (SSSR count). The predicted octanol–water partition coefficient (Wildman–Crippen LogP) is 3.38. The van der Waals surface area contributed by atoms with E-state index in [2.05, 4.69) is 5.32 Å². The van der Waals surface area contributed by atoms with Crippen LogP contribution in [-0.4, -0.2) is 35.2 Å². The van der Waals surface area contributed by atoms with E-state index < -0.39 is 17.9 Å². The van der Waals surface area contributed by atoms with Crippen molar-refractivity contribution in [3.8, 4) is 0 Å². The van der Waals surface area contributed by atoms with Gasteiger partial charge < -0.3 is 15.2 Å². The average molecular weight is 348 g/mol. The highest BCUT2D eigenvalue weighted by atomic mass is 35.5. The molecule has 0 aliphatic carbocycles. The van der Waals surface area contributed by atoms with Crippen LogP contribution in [0.15, 0.2) is 18.2 Å². The normalized spacial score (nSPS) is 12.8. The molecule has 0 saturated carbocycles. The standard InChI is InChI=1S/C15H19Cl2NO4/c1-15(2,3)22-7-6-12(14(20)21)18-13(19)10-8-9(16)4-5-11(10)17/h4-5,8,12H,6-7H2,1-3H3,(H,18,19)(H,20,21). The van der Waals surface area contributed by atoms with Crippen molar-refractivity contribution in [2.24, 2.45) is 0 Å². The summed E-state index contributed by atoms with van der Waals surface area (Å²) in [7, 11) is 0. The van der Waals surface area contributed by atoms with E-state index in [0.29, 0.717) is 5.02 Å². The van der Waals surface area contributed by atoms with Gasteiger partial charge in [-0.1, -0.05) is 23.2 Å². The van der Waals surface area contributed by atoms with Gasteiger partial charge in [0.25, 0.3) is 5.91 Å². The first kappa shape index (κ1) is 18.7. The molecule has 1 aromatic rings. The van der Waals surface area contributed by atoms with Gasteiger partial charge in [-0.2, -0.15) is 0 Å². The van der Waals surface area contributed by atoms with Crippen LogP contribution >= 0.6 is 23.2 Å². The molecule has 7 heteroatoms. The second-order valence-corrected chi connectivity index (χ2v) is 6.58. The number of aliphatic carboxylic acids is 1. The second kappa shape index (κ2) is 7.81. The van der Waals surface area contributed by atoms with Crippen LogP contribution in [0, 0.1) is 0 Å². The van der Waals surface area contributed by atoms with Gasteiger partial charge in [-0.25, -0.2) is 4.79 Å².